The molecule has 0 bridgehead atoms. The molecule has 2 aliphatic rings. The van der Waals surface area contributed by atoms with Crippen molar-refractivity contribution in [3.8, 4) is 16.8 Å². The Hall–Kier alpha value is -6.84. The maximum absolute atomic E-state index is 6.18. The Morgan fingerprint density at radius 3 is 2.16 bits per heavy atom. The van der Waals surface area contributed by atoms with Crippen molar-refractivity contribution in [2.75, 3.05) is 4.90 Å². The van der Waals surface area contributed by atoms with Crippen molar-refractivity contribution >= 4 is 65.9 Å². The van der Waals surface area contributed by atoms with E-state index < -0.39 is 0 Å². The van der Waals surface area contributed by atoms with Gasteiger partial charge in [-0.1, -0.05) is 121 Å². The summed E-state index contributed by atoms with van der Waals surface area (Å²) in [5, 5.41) is 7.27. The van der Waals surface area contributed by atoms with Crippen LogP contribution in [0.3, 0.4) is 0 Å². The Balaban J connectivity index is 1.01. The number of benzene rings is 7. The van der Waals surface area contributed by atoms with E-state index in [0.29, 0.717) is 11.8 Å². The minimum absolute atomic E-state index is 0.433. The van der Waals surface area contributed by atoms with Crippen LogP contribution in [0.25, 0.3) is 71.3 Å². The molecule has 9 aromatic rings. The van der Waals surface area contributed by atoms with Gasteiger partial charge in [-0.2, -0.15) is 0 Å². The van der Waals surface area contributed by atoms with E-state index >= 15 is 0 Å². The molecule has 0 saturated heterocycles. The van der Waals surface area contributed by atoms with Gasteiger partial charge >= 0.3 is 0 Å². The average molecular weight is 707 g/mol. The third kappa shape index (κ3) is 5.34. The summed E-state index contributed by atoms with van der Waals surface area (Å²) in [6, 6.07) is 55.0. The molecule has 0 fully saturated rings. The van der Waals surface area contributed by atoms with Gasteiger partial charge in [-0.3, -0.25) is 0 Å². The summed E-state index contributed by atoms with van der Waals surface area (Å²) in [6.07, 6.45) is 18.1. The molecule has 11 rings (SSSR count). The first-order valence-corrected chi connectivity index (χ1v) is 19.3. The first-order valence-electron chi connectivity index (χ1n) is 19.3. The standard InChI is InChI=1S/C52H38N2O/c1-3-12-35(13-4-1)37-14-11-17-42(33-37)53(43-28-30-49-47(34-43)45-18-7-9-20-48(45)54(49)40-15-5-2-6-16-40)41-26-22-36(23-27-41)38-24-29-44-39(32-38)25-31-51-52(44)46-19-8-10-21-50(46)55-51/h1-12,14-32,34-35,37H,13,33H2. The number of rotatable bonds is 6. The zero-order chi connectivity index (χ0) is 36.3. The van der Waals surface area contributed by atoms with Crippen molar-refractivity contribution in [3.63, 3.8) is 0 Å². The first-order chi connectivity index (χ1) is 27.3. The maximum Gasteiger partial charge on any atom is 0.136 e. The summed E-state index contributed by atoms with van der Waals surface area (Å²) in [4.78, 5) is 2.48. The lowest BCUT2D eigenvalue weighted by atomic mass is 9.81. The van der Waals surface area contributed by atoms with Crippen LogP contribution in [0.2, 0.25) is 0 Å². The predicted octanol–water partition coefficient (Wildman–Crippen LogP) is 14.2. The van der Waals surface area contributed by atoms with Crippen molar-refractivity contribution in [2.45, 2.75) is 12.8 Å². The lowest BCUT2D eigenvalue weighted by Gasteiger charge is -2.33. The van der Waals surface area contributed by atoms with Crippen LogP contribution in [0.1, 0.15) is 12.8 Å². The van der Waals surface area contributed by atoms with Crippen LogP contribution in [0, 0.1) is 11.8 Å². The molecule has 0 amide bonds. The molecule has 262 valence electrons. The van der Waals surface area contributed by atoms with Gasteiger partial charge in [0.25, 0.3) is 0 Å². The Bertz CT molecular complexity index is 3050. The molecule has 0 saturated carbocycles. The minimum Gasteiger partial charge on any atom is -0.456 e. The topological polar surface area (TPSA) is 21.3 Å². The Kier molecular flexibility index (Phi) is 7.44. The average Bonchev–Trinajstić information content (AvgIpc) is 3.81. The second-order valence-corrected chi connectivity index (χ2v) is 14.9. The van der Waals surface area contributed by atoms with Crippen LogP contribution in [0.4, 0.5) is 11.4 Å². The summed E-state index contributed by atoms with van der Waals surface area (Å²) >= 11 is 0. The van der Waals surface area contributed by atoms with Crippen LogP contribution in [0.5, 0.6) is 0 Å². The summed E-state index contributed by atoms with van der Waals surface area (Å²) < 4.78 is 8.57. The third-order valence-corrected chi connectivity index (χ3v) is 11.7. The van der Waals surface area contributed by atoms with Gasteiger partial charge in [0, 0.05) is 44.3 Å². The monoisotopic (exact) mass is 706 g/mol. The van der Waals surface area contributed by atoms with Gasteiger partial charge in [0.2, 0.25) is 0 Å². The lowest BCUT2D eigenvalue weighted by molar-refractivity contribution is 0.466. The highest BCUT2D eigenvalue weighted by Crippen LogP contribution is 2.42. The number of furan rings is 1. The highest BCUT2D eigenvalue weighted by atomic mass is 16.3. The van der Waals surface area contributed by atoms with E-state index in [1.165, 1.54) is 60.5 Å². The second-order valence-electron chi connectivity index (χ2n) is 14.9. The SMILES string of the molecule is C1=CCC(C2C=CC=C(N(c3ccc(-c4ccc5c(ccc6oc7ccccc7c65)c4)cc3)c3ccc4c(c3)c3ccccc3n4-c3ccccc3)C2)C=C1. The number of para-hydroxylation sites is 3. The third-order valence-electron chi connectivity index (χ3n) is 11.7. The molecular formula is C52H38N2O. The zero-order valence-electron chi connectivity index (χ0n) is 30.3. The highest BCUT2D eigenvalue weighted by molar-refractivity contribution is 6.19. The molecule has 0 radical (unpaired) electrons. The van der Waals surface area contributed by atoms with Gasteiger partial charge in [0.05, 0.1) is 11.0 Å². The predicted molar refractivity (Wildman–Crippen MR) is 231 cm³/mol. The van der Waals surface area contributed by atoms with E-state index in [1.54, 1.807) is 0 Å². The summed E-state index contributed by atoms with van der Waals surface area (Å²) in [7, 11) is 0. The van der Waals surface area contributed by atoms with Crippen molar-refractivity contribution in [1.29, 1.82) is 0 Å². The normalized spacial score (nSPS) is 16.8. The molecular weight excluding hydrogens is 669 g/mol. The molecule has 2 aromatic heterocycles. The largest absolute Gasteiger partial charge is 0.456 e. The molecule has 2 atom stereocenters. The quantitative estimate of drug-likeness (QED) is 0.172. The second kappa shape index (κ2) is 12.9. The molecule has 7 aromatic carbocycles. The molecule has 2 aliphatic carbocycles. The van der Waals surface area contributed by atoms with Gasteiger partial charge in [-0.25, -0.2) is 0 Å². The van der Waals surface area contributed by atoms with Crippen LogP contribution in [-0.4, -0.2) is 4.57 Å². The zero-order valence-corrected chi connectivity index (χ0v) is 30.3. The fraction of sp³-hybridized carbons (Fsp3) is 0.0769. The van der Waals surface area contributed by atoms with Crippen LogP contribution < -0.4 is 4.90 Å². The maximum atomic E-state index is 6.18. The Labute approximate surface area is 320 Å². The van der Waals surface area contributed by atoms with Gasteiger partial charge in [-0.05, 0) is 119 Å². The smallest absolute Gasteiger partial charge is 0.136 e. The van der Waals surface area contributed by atoms with Crippen LogP contribution in [-0.2, 0) is 0 Å². The molecule has 0 N–H and O–H groups in total. The number of nitrogens with zero attached hydrogens (tertiary/aromatic N) is 2. The van der Waals surface area contributed by atoms with Crippen molar-refractivity contribution < 1.29 is 4.42 Å². The van der Waals surface area contributed by atoms with E-state index in [9.17, 15) is 0 Å². The molecule has 55 heavy (non-hydrogen) atoms. The highest BCUT2D eigenvalue weighted by Gasteiger charge is 2.25. The number of aromatic nitrogens is 1. The minimum atomic E-state index is 0.433. The van der Waals surface area contributed by atoms with Gasteiger partial charge in [-0.15, -0.1) is 0 Å². The molecule has 2 heterocycles. The van der Waals surface area contributed by atoms with Crippen LogP contribution in [0.15, 0.2) is 204 Å². The van der Waals surface area contributed by atoms with Crippen molar-refractivity contribution in [1.82, 2.24) is 4.57 Å². The van der Waals surface area contributed by atoms with Crippen LogP contribution >= 0.6 is 0 Å². The summed E-state index contributed by atoms with van der Waals surface area (Å²) in [5.74, 6) is 0.929. The number of anilines is 2. The summed E-state index contributed by atoms with van der Waals surface area (Å²) in [5.41, 5.74) is 11.5. The number of hydrogen-bond donors (Lipinski definition) is 0. The van der Waals surface area contributed by atoms with Crippen molar-refractivity contribution in [2.24, 2.45) is 11.8 Å². The number of fused-ring (bicyclic) bond motifs is 8. The van der Waals surface area contributed by atoms with E-state index in [1.807, 2.05) is 12.1 Å². The van der Waals surface area contributed by atoms with E-state index in [-0.39, 0.29) is 0 Å². The lowest BCUT2D eigenvalue weighted by Crippen LogP contribution is -2.23. The molecule has 2 unspecified atom stereocenters. The Morgan fingerprint density at radius 2 is 1.29 bits per heavy atom. The molecule has 3 heteroatoms. The first kappa shape index (κ1) is 31.7. The van der Waals surface area contributed by atoms with E-state index in [4.69, 9.17) is 4.42 Å². The number of hydrogen-bond acceptors (Lipinski definition) is 2. The van der Waals surface area contributed by atoms with Gasteiger partial charge in [0.15, 0.2) is 0 Å². The van der Waals surface area contributed by atoms with Gasteiger partial charge in [0.1, 0.15) is 11.2 Å². The molecule has 0 aliphatic heterocycles. The Morgan fingerprint density at radius 1 is 0.527 bits per heavy atom. The fourth-order valence-corrected chi connectivity index (χ4v) is 9.04. The molecule has 3 nitrogen and oxygen atoms in total. The van der Waals surface area contributed by atoms with Crippen molar-refractivity contribution in [3.05, 3.63) is 200 Å². The summed E-state index contributed by atoms with van der Waals surface area (Å²) in [6.45, 7) is 0. The van der Waals surface area contributed by atoms with E-state index in [0.717, 1.165) is 40.8 Å². The molecule has 0 spiro atoms. The fourth-order valence-electron chi connectivity index (χ4n) is 9.04. The van der Waals surface area contributed by atoms with Gasteiger partial charge < -0.3 is 13.9 Å². The number of allylic oxidation sites excluding steroid dienone is 8. The van der Waals surface area contributed by atoms with E-state index in [2.05, 4.69) is 192 Å².